The molecule has 0 saturated heterocycles. The Balaban J connectivity index is 2.02. The van der Waals surface area contributed by atoms with Crippen LogP contribution in [0.25, 0.3) is 0 Å². The molecule has 0 spiro atoms. The molecule has 5 nitrogen and oxygen atoms in total. The van der Waals surface area contributed by atoms with Gasteiger partial charge in [0.15, 0.2) is 0 Å². The normalized spacial score (nSPS) is 10.3. The van der Waals surface area contributed by atoms with E-state index in [0.29, 0.717) is 6.54 Å². The minimum atomic E-state index is 0.715. The average molecular weight is 203 g/mol. The van der Waals surface area contributed by atoms with Gasteiger partial charge in [0.05, 0.1) is 12.2 Å². The number of aryl methyl sites for hydroxylation is 2. The number of anilines is 1. The van der Waals surface area contributed by atoms with Crippen LogP contribution >= 0.6 is 0 Å². The fourth-order valence-electron chi connectivity index (χ4n) is 1.31. The van der Waals surface area contributed by atoms with E-state index >= 15 is 0 Å². The Kier molecular flexibility index (Phi) is 2.62. The van der Waals surface area contributed by atoms with Gasteiger partial charge in [-0.15, -0.1) is 0 Å². The predicted octanol–water partition coefficient (Wildman–Crippen LogP) is 1.13. The third-order valence-electron chi connectivity index (χ3n) is 2.18. The van der Waals surface area contributed by atoms with E-state index in [1.54, 1.807) is 12.5 Å². The van der Waals surface area contributed by atoms with Crippen LogP contribution in [0.4, 0.5) is 5.82 Å². The van der Waals surface area contributed by atoms with Gasteiger partial charge in [-0.25, -0.2) is 9.97 Å². The summed E-state index contributed by atoms with van der Waals surface area (Å²) in [5.41, 5.74) is 2.07. The largest absolute Gasteiger partial charge is 0.364 e. The maximum absolute atomic E-state index is 4.12. The summed E-state index contributed by atoms with van der Waals surface area (Å²) in [5.74, 6) is 0.837. The fourth-order valence-corrected chi connectivity index (χ4v) is 1.31. The summed E-state index contributed by atoms with van der Waals surface area (Å²) in [5, 5.41) is 7.31. The second-order valence-corrected chi connectivity index (χ2v) is 3.34. The van der Waals surface area contributed by atoms with Crippen LogP contribution in [-0.2, 0) is 13.6 Å². The van der Waals surface area contributed by atoms with E-state index in [4.69, 9.17) is 0 Å². The number of nitrogens with zero attached hydrogens (tertiary/aromatic N) is 4. The van der Waals surface area contributed by atoms with Crippen molar-refractivity contribution < 1.29 is 0 Å². The van der Waals surface area contributed by atoms with Crippen molar-refractivity contribution >= 4 is 5.82 Å². The SMILES string of the molecule is Cc1cc(NCc2ccnn2C)ncn1. The van der Waals surface area contributed by atoms with Gasteiger partial charge in [-0.1, -0.05) is 0 Å². The zero-order valence-corrected chi connectivity index (χ0v) is 8.81. The van der Waals surface area contributed by atoms with Gasteiger partial charge in [0.25, 0.3) is 0 Å². The lowest BCUT2D eigenvalue weighted by molar-refractivity contribution is 0.720. The van der Waals surface area contributed by atoms with Crippen LogP contribution < -0.4 is 5.32 Å². The first kappa shape index (κ1) is 9.64. The van der Waals surface area contributed by atoms with Gasteiger partial charge in [0, 0.05) is 25.0 Å². The number of hydrogen-bond donors (Lipinski definition) is 1. The molecule has 78 valence electrons. The van der Waals surface area contributed by atoms with Gasteiger partial charge in [-0.2, -0.15) is 5.10 Å². The predicted molar refractivity (Wildman–Crippen MR) is 57.3 cm³/mol. The molecule has 5 heteroatoms. The molecule has 0 amide bonds. The van der Waals surface area contributed by atoms with Crippen molar-refractivity contribution in [2.45, 2.75) is 13.5 Å². The maximum Gasteiger partial charge on any atom is 0.129 e. The summed E-state index contributed by atoms with van der Waals surface area (Å²) in [4.78, 5) is 8.15. The highest BCUT2D eigenvalue weighted by molar-refractivity contribution is 5.34. The van der Waals surface area contributed by atoms with Crippen molar-refractivity contribution in [3.63, 3.8) is 0 Å². The van der Waals surface area contributed by atoms with Crippen molar-refractivity contribution in [3.8, 4) is 0 Å². The van der Waals surface area contributed by atoms with E-state index in [9.17, 15) is 0 Å². The maximum atomic E-state index is 4.12. The Bertz CT molecular complexity index is 449. The van der Waals surface area contributed by atoms with Crippen LogP contribution in [-0.4, -0.2) is 19.7 Å². The van der Waals surface area contributed by atoms with E-state index in [-0.39, 0.29) is 0 Å². The highest BCUT2D eigenvalue weighted by Gasteiger charge is 1.99. The quantitative estimate of drug-likeness (QED) is 0.812. The lowest BCUT2D eigenvalue weighted by Crippen LogP contribution is -2.06. The third kappa shape index (κ3) is 2.31. The fraction of sp³-hybridized carbons (Fsp3) is 0.300. The molecule has 0 aliphatic carbocycles. The van der Waals surface area contributed by atoms with E-state index in [1.165, 1.54) is 0 Å². The monoisotopic (exact) mass is 203 g/mol. The molecule has 0 atom stereocenters. The van der Waals surface area contributed by atoms with E-state index < -0.39 is 0 Å². The summed E-state index contributed by atoms with van der Waals surface area (Å²) < 4.78 is 1.83. The highest BCUT2D eigenvalue weighted by Crippen LogP contribution is 2.05. The molecule has 0 bridgehead atoms. The lowest BCUT2D eigenvalue weighted by Gasteiger charge is -2.05. The third-order valence-corrected chi connectivity index (χ3v) is 2.18. The van der Waals surface area contributed by atoms with Crippen molar-refractivity contribution in [2.24, 2.45) is 7.05 Å². The Morgan fingerprint density at radius 3 is 2.93 bits per heavy atom. The molecule has 0 aliphatic heterocycles. The van der Waals surface area contributed by atoms with Gasteiger partial charge in [0.1, 0.15) is 12.1 Å². The standard InChI is InChI=1S/C10H13N5/c1-8-5-10(13-7-12-8)11-6-9-3-4-14-15(9)2/h3-5,7H,6H2,1-2H3,(H,11,12,13). The first-order valence-electron chi connectivity index (χ1n) is 4.75. The van der Waals surface area contributed by atoms with Gasteiger partial charge in [-0.05, 0) is 13.0 Å². The molecule has 15 heavy (non-hydrogen) atoms. The topological polar surface area (TPSA) is 55.6 Å². The molecule has 2 rings (SSSR count). The summed E-state index contributed by atoms with van der Waals surface area (Å²) in [7, 11) is 1.92. The molecule has 2 aromatic rings. The Hall–Kier alpha value is -1.91. The zero-order chi connectivity index (χ0) is 10.7. The molecule has 2 aromatic heterocycles. The molecule has 0 radical (unpaired) electrons. The molecule has 0 saturated carbocycles. The van der Waals surface area contributed by atoms with Crippen molar-refractivity contribution in [1.29, 1.82) is 0 Å². The number of hydrogen-bond acceptors (Lipinski definition) is 4. The Labute approximate surface area is 88.2 Å². The summed E-state index contributed by atoms with van der Waals surface area (Å²) in [6, 6.07) is 3.89. The first-order valence-corrected chi connectivity index (χ1v) is 4.75. The number of nitrogens with one attached hydrogen (secondary N) is 1. The molecule has 0 unspecified atom stereocenters. The summed E-state index contributed by atoms with van der Waals surface area (Å²) in [6.45, 7) is 2.66. The number of rotatable bonds is 3. The van der Waals surface area contributed by atoms with Crippen molar-refractivity contribution in [3.05, 3.63) is 36.0 Å². The zero-order valence-electron chi connectivity index (χ0n) is 8.81. The second-order valence-electron chi connectivity index (χ2n) is 3.34. The summed E-state index contributed by atoms with van der Waals surface area (Å²) in [6.07, 6.45) is 3.34. The Morgan fingerprint density at radius 1 is 1.40 bits per heavy atom. The smallest absolute Gasteiger partial charge is 0.129 e. The molecule has 0 aromatic carbocycles. The van der Waals surface area contributed by atoms with Crippen LogP contribution in [0.3, 0.4) is 0 Å². The molecule has 0 aliphatic rings. The van der Waals surface area contributed by atoms with E-state index in [2.05, 4.69) is 20.4 Å². The van der Waals surface area contributed by atoms with Gasteiger partial charge in [-0.3, -0.25) is 4.68 Å². The molecule has 1 N–H and O–H groups in total. The van der Waals surface area contributed by atoms with Gasteiger partial charge >= 0.3 is 0 Å². The van der Waals surface area contributed by atoms with E-state index in [1.807, 2.05) is 30.8 Å². The minimum absolute atomic E-state index is 0.715. The van der Waals surface area contributed by atoms with Gasteiger partial charge in [0.2, 0.25) is 0 Å². The van der Waals surface area contributed by atoms with Crippen molar-refractivity contribution in [2.75, 3.05) is 5.32 Å². The Morgan fingerprint density at radius 2 is 2.27 bits per heavy atom. The molecular weight excluding hydrogens is 190 g/mol. The van der Waals surface area contributed by atoms with Gasteiger partial charge < -0.3 is 5.32 Å². The average Bonchev–Trinajstić information content (AvgIpc) is 2.61. The summed E-state index contributed by atoms with van der Waals surface area (Å²) >= 11 is 0. The van der Waals surface area contributed by atoms with E-state index in [0.717, 1.165) is 17.2 Å². The molecule has 2 heterocycles. The van der Waals surface area contributed by atoms with Crippen molar-refractivity contribution in [1.82, 2.24) is 19.7 Å². The van der Waals surface area contributed by atoms with Crippen LogP contribution in [0.2, 0.25) is 0 Å². The number of aromatic nitrogens is 4. The molecule has 0 fully saturated rings. The first-order chi connectivity index (χ1) is 7.25. The minimum Gasteiger partial charge on any atom is -0.364 e. The van der Waals surface area contributed by atoms with Crippen LogP contribution in [0, 0.1) is 6.92 Å². The second kappa shape index (κ2) is 4.08. The van der Waals surface area contributed by atoms with Crippen LogP contribution in [0.5, 0.6) is 0 Å². The van der Waals surface area contributed by atoms with Crippen LogP contribution in [0.1, 0.15) is 11.4 Å². The highest BCUT2D eigenvalue weighted by atomic mass is 15.3. The van der Waals surface area contributed by atoms with Crippen LogP contribution in [0.15, 0.2) is 24.7 Å². The molecular formula is C10H13N5. The lowest BCUT2D eigenvalue weighted by atomic mass is 10.4.